The van der Waals surface area contributed by atoms with Crippen LogP contribution >= 0.6 is 12.4 Å². The van der Waals surface area contributed by atoms with Gasteiger partial charge in [0.05, 0.1) is 5.69 Å². The predicted molar refractivity (Wildman–Crippen MR) is 71.1 cm³/mol. The van der Waals surface area contributed by atoms with Crippen LogP contribution in [0.2, 0.25) is 0 Å². The highest BCUT2D eigenvalue weighted by atomic mass is 35.5. The van der Waals surface area contributed by atoms with Gasteiger partial charge in [-0.2, -0.15) is 0 Å². The molecule has 1 unspecified atom stereocenters. The van der Waals surface area contributed by atoms with Gasteiger partial charge < -0.3 is 14.7 Å². The number of amides is 1. The van der Waals surface area contributed by atoms with Crippen molar-refractivity contribution in [1.82, 2.24) is 15.4 Å². The first-order valence-electron chi connectivity index (χ1n) is 6.09. The van der Waals surface area contributed by atoms with E-state index in [0.717, 1.165) is 38.0 Å². The SMILES string of the molecule is Cc1cc(C(=O)N(C)C2CCCNCC2)on1.Cl. The van der Waals surface area contributed by atoms with Gasteiger partial charge in [-0.3, -0.25) is 4.79 Å². The van der Waals surface area contributed by atoms with Crippen molar-refractivity contribution in [2.75, 3.05) is 20.1 Å². The minimum atomic E-state index is -0.0718. The summed E-state index contributed by atoms with van der Waals surface area (Å²) in [6.07, 6.45) is 3.15. The molecule has 1 aliphatic heterocycles. The quantitative estimate of drug-likeness (QED) is 0.890. The lowest BCUT2D eigenvalue weighted by molar-refractivity contribution is 0.0678. The Kier molecular flexibility index (Phi) is 5.62. The first-order valence-corrected chi connectivity index (χ1v) is 6.09. The van der Waals surface area contributed by atoms with Crippen molar-refractivity contribution in [3.63, 3.8) is 0 Å². The zero-order chi connectivity index (χ0) is 12.3. The maximum Gasteiger partial charge on any atom is 0.292 e. The molecule has 6 heteroatoms. The van der Waals surface area contributed by atoms with Crippen LogP contribution in [0, 0.1) is 6.92 Å². The molecule has 0 aromatic carbocycles. The van der Waals surface area contributed by atoms with Crippen molar-refractivity contribution < 1.29 is 9.32 Å². The van der Waals surface area contributed by atoms with E-state index in [1.165, 1.54) is 0 Å². The number of halogens is 1. The lowest BCUT2D eigenvalue weighted by atomic mass is 10.1. The van der Waals surface area contributed by atoms with E-state index in [1.807, 2.05) is 14.0 Å². The van der Waals surface area contributed by atoms with Crippen LogP contribution in [-0.4, -0.2) is 42.1 Å². The van der Waals surface area contributed by atoms with Gasteiger partial charge in [-0.1, -0.05) is 5.16 Å². The Morgan fingerprint density at radius 3 is 2.94 bits per heavy atom. The average Bonchev–Trinajstić information content (AvgIpc) is 2.60. The van der Waals surface area contributed by atoms with Gasteiger partial charge in [0.25, 0.3) is 5.91 Å². The van der Waals surface area contributed by atoms with Crippen LogP contribution < -0.4 is 5.32 Å². The molecule has 0 radical (unpaired) electrons. The summed E-state index contributed by atoms with van der Waals surface area (Å²) in [7, 11) is 1.84. The number of nitrogens with one attached hydrogen (secondary N) is 1. The fraction of sp³-hybridized carbons (Fsp3) is 0.667. The van der Waals surface area contributed by atoms with Crippen molar-refractivity contribution in [1.29, 1.82) is 0 Å². The fourth-order valence-electron chi connectivity index (χ4n) is 2.19. The van der Waals surface area contributed by atoms with Gasteiger partial charge in [0.2, 0.25) is 5.76 Å². The van der Waals surface area contributed by atoms with E-state index < -0.39 is 0 Å². The van der Waals surface area contributed by atoms with Gasteiger partial charge in [-0.05, 0) is 39.3 Å². The van der Waals surface area contributed by atoms with E-state index in [1.54, 1.807) is 11.0 Å². The molecule has 0 spiro atoms. The summed E-state index contributed by atoms with van der Waals surface area (Å²) >= 11 is 0. The minimum absolute atomic E-state index is 0. The van der Waals surface area contributed by atoms with Crippen LogP contribution in [0.15, 0.2) is 10.6 Å². The van der Waals surface area contributed by atoms with Crippen molar-refractivity contribution in [3.8, 4) is 0 Å². The van der Waals surface area contributed by atoms with Crippen molar-refractivity contribution in [3.05, 3.63) is 17.5 Å². The third-order valence-electron chi connectivity index (χ3n) is 3.25. The second-order valence-electron chi connectivity index (χ2n) is 4.58. The third-order valence-corrected chi connectivity index (χ3v) is 3.25. The highest BCUT2D eigenvalue weighted by Gasteiger charge is 2.24. The minimum Gasteiger partial charge on any atom is -0.351 e. The first-order chi connectivity index (χ1) is 8.18. The number of carbonyl (C=O) groups excluding carboxylic acids is 1. The average molecular weight is 274 g/mol. The molecule has 1 aromatic heterocycles. The molecule has 18 heavy (non-hydrogen) atoms. The fourth-order valence-corrected chi connectivity index (χ4v) is 2.19. The Balaban J connectivity index is 0.00000162. The Morgan fingerprint density at radius 1 is 1.50 bits per heavy atom. The summed E-state index contributed by atoms with van der Waals surface area (Å²) in [6.45, 7) is 3.83. The Morgan fingerprint density at radius 2 is 2.28 bits per heavy atom. The van der Waals surface area contributed by atoms with Gasteiger partial charge >= 0.3 is 0 Å². The van der Waals surface area contributed by atoms with E-state index in [2.05, 4.69) is 10.5 Å². The lowest BCUT2D eigenvalue weighted by Gasteiger charge is -2.25. The summed E-state index contributed by atoms with van der Waals surface area (Å²) in [4.78, 5) is 13.9. The highest BCUT2D eigenvalue weighted by Crippen LogP contribution is 2.15. The molecule has 2 heterocycles. The number of aryl methyl sites for hydroxylation is 1. The number of hydrogen-bond acceptors (Lipinski definition) is 4. The molecule has 0 aliphatic carbocycles. The van der Waals surface area contributed by atoms with Crippen LogP contribution in [0.1, 0.15) is 35.5 Å². The Hall–Kier alpha value is -1.07. The molecular formula is C12H20ClN3O2. The summed E-state index contributed by atoms with van der Waals surface area (Å²) in [6, 6.07) is 1.98. The van der Waals surface area contributed by atoms with Gasteiger partial charge in [-0.25, -0.2) is 0 Å². The number of nitrogens with zero attached hydrogens (tertiary/aromatic N) is 2. The molecule has 2 rings (SSSR count). The second kappa shape index (κ2) is 6.75. The van der Waals surface area contributed by atoms with Gasteiger partial charge in [-0.15, -0.1) is 12.4 Å². The Labute approximate surface area is 113 Å². The summed E-state index contributed by atoms with van der Waals surface area (Å²) in [5.41, 5.74) is 0.740. The maximum atomic E-state index is 12.1. The molecule has 1 N–H and O–H groups in total. The molecule has 1 saturated heterocycles. The topological polar surface area (TPSA) is 58.4 Å². The van der Waals surface area contributed by atoms with Crippen LogP contribution in [-0.2, 0) is 0 Å². The molecule has 1 fully saturated rings. The molecule has 1 aliphatic rings. The number of hydrogen-bond donors (Lipinski definition) is 1. The van der Waals surface area contributed by atoms with Crippen LogP contribution in [0.3, 0.4) is 0 Å². The zero-order valence-corrected chi connectivity index (χ0v) is 11.6. The van der Waals surface area contributed by atoms with E-state index in [0.29, 0.717) is 11.8 Å². The number of rotatable bonds is 2. The molecule has 5 nitrogen and oxygen atoms in total. The largest absolute Gasteiger partial charge is 0.351 e. The second-order valence-corrected chi connectivity index (χ2v) is 4.58. The van der Waals surface area contributed by atoms with E-state index >= 15 is 0 Å². The van der Waals surface area contributed by atoms with Gasteiger partial charge in [0.15, 0.2) is 0 Å². The van der Waals surface area contributed by atoms with E-state index in [-0.39, 0.29) is 18.3 Å². The number of carbonyl (C=O) groups is 1. The van der Waals surface area contributed by atoms with Gasteiger partial charge in [0.1, 0.15) is 0 Å². The lowest BCUT2D eigenvalue weighted by Crippen LogP contribution is -2.37. The Bertz CT molecular complexity index is 386. The highest BCUT2D eigenvalue weighted by molar-refractivity contribution is 5.91. The maximum absolute atomic E-state index is 12.1. The van der Waals surface area contributed by atoms with Crippen molar-refractivity contribution in [2.45, 2.75) is 32.2 Å². The standard InChI is InChI=1S/C12H19N3O2.ClH/c1-9-8-11(17-14-9)12(16)15(2)10-4-3-6-13-7-5-10;/h8,10,13H,3-7H2,1-2H3;1H. The molecule has 1 aromatic rings. The third kappa shape index (κ3) is 3.46. The normalized spacial score (nSPS) is 19.8. The molecular weight excluding hydrogens is 254 g/mol. The van der Waals surface area contributed by atoms with Crippen LogP contribution in [0.5, 0.6) is 0 Å². The smallest absolute Gasteiger partial charge is 0.292 e. The summed E-state index contributed by atoms with van der Waals surface area (Å²) < 4.78 is 5.01. The number of aromatic nitrogens is 1. The van der Waals surface area contributed by atoms with E-state index in [4.69, 9.17) is 4.52 Å². The molecule has 0 saturated carbocycles. The van der Waals surface area contributed by atoms with E-state index in [9.17, 15) is 4.79 Å². The first kappa shape index (κ1) is 15.0. The molecule has 0 bridgehead atoms. The van der Waals surface area contributed by atoms with Crippen LogP contribution in [0.25, 0.3) is 0 Å². The van der Waals surface area contributed by atoms with Crippen molar-refractivity contribution >= 4 is 18.3 Å². The van der Waals surface area contributed by atoms with Crippen molar-refractivity contribution in [2.24, 2.45) is 0 Å². The summed E-state index contributed by atoms with van der Waals surface area (Å²) in [5.74, 6) is 0.264. The summed E-state index contributed by atoms with van der Waals surface area (Å²) in [5, 5.41) is 7.09. The van der Waals surface area contributed by atoms with Gasteiger partial charge in [0, 0.05) is 19.2 Å². The molecule has 102 valence electrons. The van der Waals surface area contributed by atoms with Crippen LogP contribution in [0.4, 0.5) is 0 Å². The predicted octanol–water partition coefficient (Wildman–Crippen LogP) is 1.62. The monoisotopic (exact) mass is 273 g/mol. The molecule has 1 atom stereocenters. The zero-order valence-electron chi connectivity index (χ0n) is 10.8. The molecule has 1 amide bonds.